The van der Waals surface area contributed by atoms with E-state index in [1.54, 1.807) is 0 Å². The van der Waals surface area contributed by atoms with E-state index in [-0.39, 0.29) is 0 Å². The lowest BCUT2D eigenvalue weighted by Crippen LogP contribution is -2.51. The molecule has 15 heavy (non-hydrogen) atoms. The van der Waals surface area contributed by atoms with Gasteiger partial charge in [0.1, 0.15) is 0 Å². The van der Waals surface area contributed by atoms with Crippen molar-refractivity contribution >= 4 is 5.96 Å². The van der Waals surface area contributed by atoms with E-state index >= 15 is 0 Å². The summed E-state index contributed by atoms with van der Waals surface area (Å²) >= 11 is 0. The zero-order chi connectivity index (χ0) is 10.5. The fourth-order valence-corrected chi connectivity index (χ4v) is 3.46. The van der Waals surface area contributed by atoms with Crippen molar-refractivity contribution < 1.29 is 0 Å². The maximum Gasteiger partial charge on any atom is 0.192 e. The molecule has 2 aliphatic carbocycles. The zero-order valence-corrected chi connectivity index (χ0v) is 9.58. The van der Waals surface area contributed by atoms with Crippen molar-refractivity contribution in [1.82, 2.24) is 4.90 Å². The standard InChI is InChI=1S/C12H21N3/c1-2-9-5-6-12(7-9)8-14-11(13)15(12)10-3-4-10/h9-10H,2-8H2,1H3,(H2,13,14). The second-order valence-corrected chi connectivity index (χ2v) is 5.52. The van der Waals surface area contributed by atoms with Gasteiger partial charge < -0.3 is 10.6 Å². The lowest BCUT2D eigenvalue weighted by Gasteiger charge is -2.36. The number of aliphatic imine (C=N–C) groups is 1. The van der Waals surface area contributed by atoms with Gasteiger partial charge in [0.15, 0.2) is 5.96 Å². The minimum Gasteiger partial charge on any atom is -0.370 e. The Morgan fingerprint density at radius 3 is 2.87 bits per heavy atom. The summed E-state index contributed by atoms with van der Waals surface area (Å²) in [6, 6.07) is 0.729. The molecule has 0 bridgehead atoms. The van der Waals surface area contributed by atoms with Crippen molar-refractivity contribution in [2.75, 3.05) is 6.54 Å². The predicted molar refractivity (Wildman–Crippen MR) is 61.7 cm³/mol. The zero-order valence-electron chi connectivity index (χ0n) is 9.58. The van der Waals surface area contributed by atoms with Crippen LogP contribution in [0.25, 0.3) is 0 Å². The lowest BCUT2D eigenvalue weighted by molar-refractivity contribution is 0.191. The van der Waals surface area contributed by atoms with Gasteiger partial charge in [-0.25, -0.2) is 0 Å². The van der Waals surface area contributed by atoms with Crippen molar-refractivity contribution in [3.05, 3.63) is 0 Å². The van der Waals surface area contributed by atoms with Gasteiger partial charge in [0.05, 0.1) is 12.1 Å². The number of rotatable bonds is 2. The van der Waals surface area contributed by atoms with Gasteiger partial charge in [0, 0.05) is 6.04 Å². The molecule has 2 N–H and O–H groups in total. The Labute approximate surface area is 91.7 Å². The molecule has 1 aliphatic heterocycles. The molecule has 2 fully saturated rings. The quantitative estimate of drug-likeness (QED) is 0.749. The molecule has 3 nitrogen and oxygen atoms in total. The first-order chi connectivity index (χ1) is 7.25. The fraction of sp³-hybridized carbons (Fsp3) is 0.917. The largest absolute Gasteiger partial charge is 0.370 e. The van der Waals surface area contributed by atoms with E-state index < -0.39 is 0 Å². The Bertz CT molecular complexity index is 295. The second-order valence-electron chi connectivity index (χ2n) is 5.52. The van der Waals surface area contributed by atoms with Crippen LogP contribution in [0.5, 0.6) is 0 Å². The molecule has 0 aromatic heterocycles. The topological polar surface area (TPSA) is 41.6 Å². The van der Waals surface area contributed by atoms with Crippen molar-refractivity contribution in [1.29, 1.82) is 0 Å². The highest BCUT2D eigenvalue weighted by Crippen LogP contribution is 2.47. The highest BCUT2D eigenvalue weighted by molar-refractivity contribution is 5.81. The molecule has 0 radical (unpaired) electrons. The summed E-state index contributed by atoms with van der Waals surface area (Å²) in [5, 5.41) is 0. The van der Waals surface area contributed by atoms with Gasteiger partial charge in [-0.2, -0.15) is 0 Å². The Balaban J connectivity index is 1.81. The van der Waals surface area contributed by atoms with Crippen LogP contribution in [0.2, 0.25) is 0 Å². The highest BCUT2D eigenvalue weighted by Gasteiger charge is 2.51. The molecule has 2 unspecified atom stereocenters. The van der Waals surface area contributed by atoms with E-state index in [0.717, 1.165) is 24.5 Å². The van der Waals surface area contributed by atoms with Gasteiger partial charge in [-0.15, -0.1) is 0 Å². The average Bonchev–Trinajstić information content (AvgIpc) is 2.89. The van der Waals surface area contributed by atoms with Crippen LogP contribution in [0, 0.1) is 5.92 Å². The Kier molecular flexibility index (Phi) is 1.98. The summed E-state index contributed by atoms with van der Waals surface area (Å²) in [6.45, 7) is 3.27. The molecular weight excluding hydrogens is 186 g/mol. The minimum atomic E-state index is 0.339. The highest BCUT2D eigenvalue weighted by atomic mass is 15.4. The third kappa shape index (κ3) is 1.35. The maximum atomic E-state index is 6.04. The summed E-state index contributed by atoms with van der Waals surface area (Å²) in [5.74, 6) is 1.74. The maximum absolute atomic E-state index is 6.04. The molecule has 3 aliphatic rings. The first-order valence-electron chi connectivity index (χ1n) is 6.34. The minimum absolute atomic E-state index is 0.339. The van der Waals surface area contributed by atoms with Gasteiger partial charge in [0.2, 0.25) is 0 Å². The Morgan fingerprint density at radius 2 is 2.27 bits per heavy atom. The van der Waals surface area contributed by atoms with Gasteiger partial charge >= 0.3 is 0 Å². The first-order valence-corrected chi connectivity index (χ1v) is 6.34. The Morgan fingerprint density at radius 1 is 1.47 bits per heavy atom. The molecule has 0 amide bonds. The molecule has 3 heteroatoms. The fourth-order valence-electron chi connectivity index (χ4n) is 3.46. The van der Waals surface area contributed by atoms with Crippen LogP contribution in [-0.4, -0.2) is 29.0 Å². The summed E-state index contributed by atoms with van der Waals surface area (Å²) < 4.78 is 0. The Hall–Kier alpha value is -0.730. The van der Waals surface area contributed by atoms with Crippen LogP contribution in [0.15, 0.2) is 4.99 Å². The van der Waals surface area contributed by atoms with Crippen LogP contribution < -0.4 is 5.73 Å². The molecule has 84 valence electrons. The molecule has 1 spiro atoms. The summed E-state index contributed by atoms with van der Waals surface area (Å²) in [4.78, 5) is 6.98. The number of nitrogens with zero attached hydrogens (tertiary/aromatic N) is 2. The van der Waals surface area contributed by atoms with Crippen LogP contribution in [0.4, 0.5) is 0 Å². The van der Waals surface area contributed by atoms with E-state index in [2.05, 4.69) is 16.8 Å². The molecule has 3 rings (SSSR count). The third-order valence-corrected chi connectivity index (χ3v) is 4.47. The lowest BCUT2D eigenvalue weighted by atomic mass is 9.94. The van der Waals surface area contributed by atoms with Crippen LogP contribution in [0.1, 0.15) is 45.4 Å². The van der Waals surface area contributed by atoms with E-state index in [1.165, 1.54) is 38.5 Å². The van der Waals surface area contributed by atoms with E-state index in [4.69, 9.17) is 5.73 Å². The molecule has 1 heterocycles. The normalized spacial score (nSPS) is 40.2. The van der Waals surface area contributed by atoms with Crippen molar-refractivity contribution in [3.63, 3.8) is 0 Å². The third-order valence-electron chi connectivity index (χ3n) is 4.47. The van der Waals surface area contributed by atoms with Gasteiger partial charge in [0.25, 0.3) is 0 Å². The average molecular weight is 207 g/mol. The van der Waals surface area contributed by atoms with E-state index in [0.29, 0.717) is 5.54 Å². The van der Waals surface area contributed by atoms with E-state index in [1.807, 2.05) is 0 Å². The van der Waals surface area contributed by atoms with Gasteiger partial charge in [-0.05, 0) is 38.0 Å². The predicted octanol–water partition coefficient (Wildman–Crippen LogP) is 1.73. The molecule has 2 atom stereocenters. The number of guanidine groups is 1. The number of hydrogen-bond donors (Lipinski definition) is 1. The monoisotopic (exact) mass is 207 g/mol. The summed E-state index contributed by atoms with van der Waals surface area (Å²) in [6.07, 6.45) is 7.99. The smallest absolute Gasteiger partial charge is 0.192 e. The molecule has 2 saturated carbocycles. The molecule has 0 aromatic rings. The molecule has 0 saturated heterocycles. The van der Waals surface area contributed by atoms with Crippen LogP contribution in [-0.2, 0) is 0 Å². The van der Waals surface area contributed by atoms with Crippen LogP contribution >= 0.6 is 0 Å². The molecular formula is C12H21N3. The van der Waals surface area contributed by atoms with Gasteiger partial charge in [-0.3, -0.25) is 4.99 Å². The number of hydrogen-bond acceptors (Lipinski definition) is 3. The number of nitrogens with two attached hydrogens (primary N) is 1. The SMILES string of the molecule is CCC1CCC2(CN=C(N)N2C2CC2)C1. The van der Waals surface area contributed by atoms with E-state index in [9.17, 15) is 0 Å². The second kappa shape index (κ2) is 3.13. The summed E-state index contributed by atoms with van der Waals surface area (Å²) in [7, 11) is 0. The molecule has 0 aromatic carbocycles. The van der Waals surface area contributed by atoms with Crippen LogP contribution in [0.3, 0.4) is 0 Å². The van der Waals surface area contributed by atoms with Gasteiger partial charge in [-0.1, -0.05) is 13.3 Å². The summed E-state index contributed by atoms with van der Waals surface area (Å²) in [5.41, 5.74) is 6.38. The van der Waals surface area contributed by atoms with Crippen molar-refractivity contribution in [3.8, 4) is 0 Å². The first kappa shape index (κ1) is 9.49. The van der Waals surface area contributed by atoms with Crippen molar-refractivity contribution in [2.45, 2.75) is 57.0 Å². The van der Waals surface area contributed by atoms with Crippen molar-refractivity contribution in [2.24, 2.45) is 16.6 Å².